The highest BCUT2D eigenvalue weighted by atomic mass is 16.7. The predicted molar refractivity (Wildman–Crippen MR) is 121 cm³/mol. The summed E-state index contributed by atoms with van der Waals surface area (Å²) in [6.45, 7) is 0.211. The molecule has 1 aliphatic carbocycles. The molecule has 3 fully saturated rings. The molecule has 0 aromatic heterocycles. The van der Waals surface area contributed by atoms with Crippen LogP contribution in [0.3, 0.4) is 0 Å². The predicted octanol–water partition coefficient (Wildman–Crippen LogP) is -6.76. The van der Waals surface area contributed by atoms with E-state index >= 15 is 0 Å². The van der Waals surface area contributed by atoms with E-state index in [-0.39, 0.29) is 13.0 Å². The van der Waals surface area contributed by atoms with Crippen LogP contribution in [0.2, 0.25) is 0 Å². The van der Waals surface area contributed by atoms with Gasteiger partial charge in [-0.3, -0.25) is 0 Å². The van der Waals surface area contributed by atoms with Gasteiger partial charge in [-0.05, 0) is 20.5 Å². The maximum absolute atomic E-state index is 11.1. The molecule has 0 amide bonds. The van der Waals surface area contributed by atoms with E-state index in [1.165, 1.54) is 0 Å². The minimum Gasteiger partial charge on any atom is -0.389 e. The Hall–Kier alpha value is -0.600. The van der Waals surface area contributed by atoms with Gasteiger partial charge in [-0.15, -0.1) is 0 Å². The summed E-state index contributed by atoms with van der Waals surface area (Å²) in [5.41, 5.74) is 30.0. The van der Waals surface area contributed by atoms with Crippen LogP contribution in [0, 0.1) is 0 Å². The second kappa shape index (κ2) is 11.8. The number of rotatable bonds is 7. The highest BCUT2D eigenvalue weighted by Gasteiger charge is 2.51. The molecular weight excluding hydrogens is 468 g/mol. The Morgan fingerprint density at radius 2 is 1.26 bits per heavy atom. The van der Waals surface area contributed by atoms with Gasteiger partial charge < -0.3 is 78.0 Å². The lowest BCUT2D eigenvalue weighted by Gasteiger charge is -2.48. The maximum atomic E-state index is 11.1. The Morgan fingerprint density at radius 3 is 1.80 bits per heavy atom. The van der Waals surface area contributed by atoms with Gasteiger partial charge in [0.15, 0.2) is 12.6 Å². The molecule has 0 spiro atoms. The Bertz CT molecular complexity index is 681. The SMILES string of the molecule is CN(C)CC1OC(OC2C(N)CC(N)C(OC3OC(CN)C(O)C(O)C3N)C2O)C(O)C(N)C1O. The van der Waals surface area contributed by atoms with E-state index < -0.39 is 91.7 Å². The van der Waals surface area contributed by atoms with Crippen molar-refractivity contribution in [2.45, 2.75) is 98.1 Å². The standard InChI is InChI=1S/C20H42N6O9/c1-26(2)5-9-12(27)10(24)15(30)20(33-9)35-18-7(23)3-6(22)17(16(18)31)34-19-11(25)14(29)13(28)8(4-21)32-19/h6-20,27-31H,3-5,21-25H2,1-2H3. The summed E-state index contributed by atoms with van der Waals surface area (Å²) in [5.74, 6) is 0. The highest BCUT2D eigenvalue weighted by Crippen LogP contribution is 2.31. The maximum Gasteiger partial charge on any atom is 0.186 e. The van der Waals surface area contributed by atoms with Crippen molar-refractivity contribution in [2.24, 2.45) is 28.7 Å². The molecule has 2 heterocycles. The van der Waals surface area contributed by atoms with Gasteiger partial charge in [-0.1, -0.05) is 0 Å². The molecular formula is C20H42N6O9. The van der Waals surface area contributed by atoms with Gasteiger partial charge in [-0.2, -0.15) is 0 Å². The third-order valence-electron chi connectivity index (χ3n) is 6.93. The van der Waals surface area contributed by atoms with Crippen molar-refractivity contribution in [3.05, 3.63) is 0 Å². The molecule has 35 heavy (non-hydrogen) atoms. The second-order valence-corrected chi connectivity index (χ2v) is 9.96. The quantitative estimate of drug-likeness (QED) is 0.152. The van der Waals surface area contributed by atoms with Crippen molar-refractivity contribution in [3.8, 4) is 0 Å². The number of aliphatic hydroxyl groups is 5. The molecule has 15 N–H and O–H groups in total. The molecule has 0 radical (unpaired) electrons. The lowest BCUT2D eigenvalue weighted by atomic mass is 9.84. The molecule has 0 bridgehead atoms. The minimum atomic E-state index is -1.41. The lowest BCUT2D eigenvalue weighted by Crippen LogP contribution is -2.69. The number of aliphatic hydroxyl groups excluding tert-OH is 5. The van der Waals surface area contributed by atoms with Crippen LogP contribution in [0.25, 0.3) is 0 Å². The zero-order valence-corrected chi connectivity index (χ0v) is 20.0. The topological polar surface area (TPSA) is 271 Å². The first-order valence-electron chi connectivity index (χ1n) is 11.8. The van der Waals surface area contributed by atoms with E-state index in [0.717, 1.165) is 0 Å². The first kappa shape index (κ1) is 29.0. The first-order valence-corrected chi connectivity index (χ1v) is 11.8. The average molecular weight is 511 g/mol. The Labute approximate surface area is 204 Å². The van der Waals surface area contributed by atoms with Gasteiger partial charge in [0.25, 0.3) is 0 Å². The van der Waals surface area contributed by atoms with Crippen molar-refractivity contribution >= 4 is 0 Å². The summed E-state index contributed by atoms with van der Waals surface area (Å²) in [5, 5.41) is 52.3. The second-order valence-electron chi connectivity index (χ2n) is 9.96. The van der Waals surface area contributed by atoms with Crippen molar-refractivity contribution < 1.29 is 44.5 Å². The molecule has 15 nitrogen and oxygen atoms in total. The van der Waals surface area contributed by atoms with E-state index in [2.05, 4.69) is 0 Å². The number of likely N-dealkylation sites (N-methyl/N-ethyl adjacent to an activating group) is 1. The smallest absolute Gasteiger partial charge is 0.186 e. The van der Waals surface area contributed by atoms with E-state index in [0.29, 0.717) is 6.54 Å². The van der Waals surface area contributed by atoms with Crippen LogP contribution in [0.15, 0.2) is 0 Å². The molecule has 0 aromatic rings. The van der Waals surface area contributed by atoms with E-state index in [4.69, 9.17) is 47.6 Å². The van der Waals surface area contributed by atoms with Crippen molar-refractivity contribution in [1.29, 1.82) is 0 Å². The fourth-order valence-corrected chi connectivity index (χ4v) is 4.81. The van der Waals surface area contributed by atoms with Crippen LogP contribution in [0.5, 0.6) is 0 Å². The molecule has 206 valence electrons. The Morgan fingerprint density at radius 1 is 0.714 bits per heavy atom. The van der Waals surface area contributed by atoms with E-state index in [1.54, 1.807) is 19.0 Å². The summed E-state index contributed by atoms with van der Waals surface area (Å²) in [6, 6.07) is -3.70. The zero-order chi connectivity index (χ0) is 26.2. The van der Waals surface area contributed by atoms with Crippen LogP contribution in [0.4, 0.5) is 0 Å². The van der Waals surface area contributed by atoms with Crippen molar-refractivity contribution in [2.75, 3.05) is 27.2 Å². The third kappa shape index (κ3) is 6.11. The molecule has 0 aromatic carbocycles. The number of ether oxygens (including phenoxy) is 4. The lowest BCUT2D eigenvalue weighted by molar-refractivity contribution is -0.317. The van der Waals surface area contributed by atoms with Gasteiger partial charge in [-0.25, -0.2) is 0 Å². The monoisotopic (exact) mass is 510 g/mol. The van der Waals surface area contributed by atoms with Crippen molar-refractivity contribution in [3.63, 3.8) is 0 Å². The van der Waals surface area contributed by atoms with Gasteiger partial charge in [0.1, 0.15) is 48.8 Å². The number of nitrogens with two attached hydrogens (primary N) is 5. The van der Waals surface area contributed by atoms with Crippen LogP contribution in [0.1, 0.15) is 6.42 Å². The summed E-state index contributed by atoms with van der Waals surface area (Å²) < 4.78 is 23.1. The van der Waals surface area contributed by atoms with Crippen LogP contribution >= 0.6 is 0 Å². The number of nitrogens with zero attached hydrogens (tertiary/aromatic N) is 1. The van der Waals surface area contributed by atoms with E-state index in [1.807, 2.05) is 0 Å². The van der Waals surface area contributed by atoms with Gasteiger partial charge in [0, 0.05) is 25.2 Å². The fraction of sp³-hybridized carbons (Fsp3) is 1.00. The van der Waals surface area contributed by atoms with Gasteiger partial charge >= 0.3 is 0 Å². The molecule has 1 saturated carbocycles. The fourth-order valence-electron chi connectivity index (χ4n) is 4.81. The number of hydrogen-bond acceptors (Lipinski definition) is 15. The third-order valence-corrected chi connectivity index (χ3v) is 6.93. The van der Waals surface area contributed by atoms with Gasteiger partial charge in [0.2, 0.25) is 0 Å². The van der Waals surface area contributed by atoms with Crippen molar-refractivity contribution in [1.82, 2.24) is 4.90 Å². The average Bonchev–Trinajstić information content (AvgIpc) is 2.80. The molecule has 15 heteroatoms. The molecule has 2 aliphatic heterocycles. The van der Waals surface area contributed by atoms with Crippen LogP contribution in [-0.2, 0) is 18.9 Å². The Balaban J connectivity index is 1.73. The van der Waals surface area contributed by atoms with Gasteiger partial charge in [0.05, 0.1) is 18.2 Å². The Kier molecular flexibility index (Phi) is 9.80. The summed E-state index contributed by atoms with van der Waals surface area (Å²) in [6.07, 6.45) is -12.8. The largest absolute Gasteiger partial charge is 0.389 e. The molecule has 3 aliphatic rings. The number of hydrogen-bond donors (Lipinski definition) is 10. The summed E-state index contributed by atoms with van der Waals surface area (Å²) in [4.78, 5) is 1.78. The molecule has 15 unspecified atom stereocenters. The highest BCUT2D eigenvalue weighted by molar-refractivity contribution is 5.01. The van der Waals surface area contributed by atoms with Crippen LogP contribution < -0.4 is 28.7 Å². The van der Waals surface area contributed by atoms with Crippen LogP contribution in [-0.4, -0.2) is 149 Å². The summed E-state index contributed by atoms with van der Waals surface area (Å²) >= 11 is 0. The minimum absolute atomic E-state index is 0.0994. The molecule has 15 atom stereocenters. The molecule has 2 saturated heterocycles. The first-order chi connectivity index (χ1) is 16.4. The summed E-state index contributed by atoms with van der Waals surface area (Å²) in [7, 11) is 3.58. The normalized spacial score (nSPS) is 51.5. The molecule has 3 rings (SSSR count). The zero-order valence-electron chi connectivity index (χ0n) is 20.0. The van der Waals surface area contributed by atoms with E-state index in [9.17, 15) is 25.5 Å².